The zero-order valence-corrected chi connectivity index (χ0v) is 15.8. The van der Waals surface area contributed by atoms with Crippen molar-refractivity contribution in [2.75, 3.05) is 31.6 Å². The number of benzene rings is 1. The largest absolute Gasteiger partial charge is 0.356 e. The molecule has 27 heavy (non-hydrogen) atoms. The first-order chi connectivity index (χ1) is 13.2. The average molecular weight is 362 g/mol. The molecule has 0 N–H and O–H groups in total. The third-order valence-electron chi connectivity index (χ3n) is 5.48. The third kappa shape index (κ3) is 3.82. The molecule has 1 saturated heterocycles. The number of likely N-dealkylation sites (N-methyl/N-ethyl adjacent to an activating group) is 1. The van der Waals surface area contributed by atoms with Gasteiger partial charge < -0.3 is 14.4 Å². The van der Waals surface area contributed by atoms with Gasteiger partial charge in [-0.25, -0.2) is 4.98 Å². The van der Waals surface area contributed by atoms with Crippen LogP contribution in [0.3, 0.4) is 0 Å². The molecule has 4 rings (SSSR count). The van der Waals surface area contributed by atoms with Gasteiger partial charge in [0.2, 0.25) is 5.91 Å². The zero-order valence-electron chi connectivity index (χ0n) is 15.8. The molecule has 0 aliphatic carbocycles. The van der Waals surface area contributed by atoms with Crippen molar-refractivity contribution in [3.63, 3.8) is 0 Å². The van der Waals surface area contributed by atoms with Gasteiger partial charge in [-0.05, 0) is 42.5 Å². The van der Waals surface area contributed by atoms with E-state index in [2.05, 4.69) is 51.0 Å². The highest BCUT2D eigenvalue weighted by Gasteiger charge is 2.28. The minimum absolute atomic E-state index is 0.0483. The Morgan fingerprint density at radius 2 is 2.04 bits per heavy atom. The van der Waals surface area contributed by atoms with Gasteiger partial charge in [-0.2, -0.15) is 0 Å². The van der Waals surface area contributed by atoms with Crippen LogP contribution in [-0.4, -0.2) is 47.0 Å². The molecule has 1 unspecified atom stereocenters. The van der Waals surface area contributed by atoms with Crippen molar-refractivity contribution in [3.05, 3.63) is 60.9 Å². The number of carbonyl (C=O) groups excluding carboxylic acids is 1. The monoisotopic (exact) mass is 362 g/mol. The van der Waals surface area contributed by atoms with E-state index in [0.29, 0.717) is 0 Å². The lowest BCUT2D eigenvalue weighted by molar-refractivity contribution is -0.134. The molecular formula is C22H26N4O. The lowest BCUT2D eigenvalue weighted by Crippen LogP contribution is -2.44. The van der Waals surface area contributed by atoms with Crippen molar-refractivity contribution < 1.29 is 4.79 Å². The van der Waals surface area contributed by atoms with Gasteiger partial charge in [-0.1, -0.05) is 24.3 Å². The second-order valence-electron chi connectivity index (χ2n) is 7.30. The van der Waals surface area contributed by atoms with Gasteiger partial charge in [0.05, 0.1) is 5.92 Å². The van der Waals surface area contributed by atoms with E-state index in [9.17, 15) is 4.79 Å². The Kier molecular flexibility index (Phi) is 5.10. The predicted molar refractivity (Wildman–Crippen MR) is 109 cm³/mol. The fraction of sp³-hybridized carbons (Fsp3) is 0.364. The second kappa shape index (κ2) is 7.82. The number of rotatable bonds is 5. The van der Waals surface area contributed by atoms with Crippen molar-refractivity contribution in [2.24, 2.45) is 5.92 Å². The van der Waals surface area contributed by atoms with Crippen molar-refractivity contribution in [1.82, 2.24) is 14.5 Å². The van der Waals surface area contributed by atoms with Crippen LogP contribution in [0.25, 0.3) is 10.9 Å². The summed E-state index contributed by atoms with van der Waals surface area (Å²) in [6.07, 6.45) is 5.91. The molecule has 5 nitrogen and oxygen atoms in total. The predicted octanol–water partition coefficient (Wildman–Crippen LogP) is 3.41. The molecule has 0 saturated carbocycles. The third-order valence-corrected chi connectivity index (χ3v) is 5.48. The smallest absolute Gasteiger partial charge is 0.227 e. The zero-order chi connectivity index (χ0) is 18.6. The standard InChI is InChI=1S/C22H26N4O/c1-24(15-16-25-14-11-18-7-2-3-9-20(18)25)22(27)19-8-6-13-26(17-19)21-10-4-5-12-23-21/h2-5,7,9-12,14,19H,6,8,13,15-17H2,1H3. The number of pyridine rings is 1. The summed E-state index contributed by atoms with van der Waals surface area (Å²) in [5.41, 5.74) is 1.22. The van der Waals surface area contributed by atoms with E-state index in [0.717, 1.165) is 44.8 Å². The van der Waals surface area contributed by atoms with Gasteiger partial charge in [0.15, 0.2) is 0 Å². The number of hydrogen-bond acceptors (Lipinski definition) is 3. The van der Waals surface area contributed by atoms with Crippen molar-refractivity contribution in [3.8, 4) is 0 Å². The molecule has 1 aliphatic rings. The number of nitrogens with zero attached hydrogens (tertiary/aromatic N) is 4. The summed E-state index contributed by atoms with van der Waals surface area (Å²) in [4.78, 5) is 21.5. The van der Waals surface area contributed by atoms with Crippen molar-refractivity contribution >= 4 is 22.6 Å². The number of hydrogen-bond donors (Lipinski definition) is 0. The van der Waals surface area contributed by atoms with Gasteiger partial charge in [0.1, 0.15) is 5.82 Å². The Morgan fingerprint density at radius 1 is 1.19 bits per heavy atom. The summed E-state index contributed by atoms with van der Waals surface area (Å²) in [6, 6.07) is 16.4. The summed E-state index contributed by atoms with van der Waals surface area (Å²) < 4.78 is 2.22. The highest BCUT2D eigenvalue weighted by atomic mass is 16.2. The summed E-state index contributed by atoms with van der Waals surface area (Å²) >= 11 is 0. The topological polar surface area (TPSA) is 41.4 Å². The van der Waals surface area contributed by atoms with Gasteiger partial charge in [-0.15, -0.1) is 0 Å². The van der Waals surface area contributed by atoms with Gasteiger partial charge >= 0.3 is 0 Å². The van der Waals surface area contributed by atoms with Crippen molar-refractivity contribution in [2.45, 2.75) is 19.4 Å². The van der Waals surface area contributed by atoms with Crippen LogP contribution in [0.15, 0.2) is 60.9 Å². The van der Waals surface area contributed by atoms with Gasteiger partial charge in [0, 0.05) is 51.1 Å². The molecule has 1 aromatic carbocycles. The molecule has 1 atom stereocenters. The molecule has 1 fully saturated rings. The molecule has 1 aliphatic heterocycles. The molecule has 0 spiro atoms. The quantitative estimate of drug-likeness (QED) is 0.698. The van der Waals surface area contributed by atoms with E-state index in [1.807, 2.05) is 36.3 Å². The normalized spacial score (nSPS) is 17.2. The van der Waals surface area contributed by atoms with Crippen LogP contribution in [0.5, 0.6) is 0 Å². The first-order valence-electron chi connectivity index (χ1n) is 9.67. The minimum atomic E-state index is 0.0483. The van der Waals surface area contributed by atoms with E-state index >= 15 is 0 Å². The maximum Gasteiger partial charge on any atom is 0.227 e. The van der Waals surface area contributed by atoms with Crippen LogP contribution >= 0.6 is 0 Å². The molecule has 2 aromatic heterocycles. The summed E-state index contributed by atoms with van der Waals surface area (Å²) in [5, 5.41) is 1.24. The summed E-state index contributed by atoms with van der Waals surface area (Å²) in [6.45, 7) is 3.26. The number of amides is 1. The fourth-order valence-corrected chi connectivity index (χ4v) is 3.94. The highest BCUT2D eigenvalue weighted by Crippen LogP contribution is 2.23. The molecule has 140 valence electrons. The van der Waals surface area contributed by atoms with Crippen LogP contribution in [-0.2, 0) is 11.3 Å². The maximum absolute atomic E-state index is 13.0. The van der Waals surface area contributed by atoms with Crippen LogP contribution in [0.2, 0.25) is 0 Å². The number of para-hydroxylation sites is 1. The van der Waals surface area contributed by atoms with Crippen molar-refractivity contribution in [1.29, 1.82) is 0 Å². The first-order valence-corrected chi connectivity index (χ1v) is 9.67. The molecule has 0 radical (unpaired) electrons. The number of fused-ring (bicyclic) bond motifs is 1. The Morgan fingerprint density at radius 3 is 2.89 bits per heavy atom. The highest BCUT2D eigenvalue weighted by molar-refractivity contribution is 5.80. The van der Waals surface area contributed by atoms with E-state index in [1.165, 1.54) is 10.9 Å². The molecule has 3 heterocycles. The molecular weight excluding hydrogens is 336 g/mol. The Hall–Kier alpha value is -2.82. The van der Waals surface area contributed by atoms with E-state index < -0.39 is 0 Å². The van der Waals surface area contributed by atoms with E-state index in [-0.39, 0.29) is 11.8 Å². The van der Waals surface area contributed by atoms with Crippen LogP contribution in [0, 0.1) is 5.92 Å². The van der Waals surface area contributed by atoms with Crippen LogP contribution in [0.4, 0.5) is 5.82 Å². The lowest BCUT2D eigenvalue weighted by atomic mass is 9.96. The SMILES string of the molecule is CN(CCn1ccc2ccccc21)C(=O)C1CCCN(c2ccccn2)C1. The fourth-order valence-electron chi connectivity index (χ4n) is 3.94. The minimum Gasteiger partial charge on any atom is -0.356 e. The Bertz CT molecular complexity index is 905. The van der Waals surface area contributed by atoms with Crippen LogP contribution < -0.4 is 4.90 Å². The summed E-state index contributed by atoms with van der Waals surface area (Å²) in [5.74, 6) is 1.26. The maximum atomic E-state index is 13.0. The Labute approximate surface area is 160 Å². The van der Waals surface area contributed by atoms with E-state index in [1.54, 1.807) is 0 Å². The number of piperidine rings is 1. The van der Waals surface area contributed by atoms with Gasteiger partial charge in [-0.3, -0.25) is 4.79 Å². The Balaban J connectivity index is 1.37. The molecule has 1 amide bonds. The number of carbonyl (C=O) groups is 1. The average Bonchev–Trinajstić information content (AvgIpc) is 3.15. The molecule has 3 aromatic rings. The second-order valence-corrected chi connectivity index (χ2v) is 7.30. The molecule has 0 bridgehead atoms. The van der Waals surface area contributed by atoms with Crippen LogP contribution in [0.1, 0.15) is 12.8 Å². The summed E-state index contributed by atoms with van der Waals surface area (Å²) in [7, 11) is 1.92. The van der Waals surface area contributed by atoms with Gasteiger partial charge in [0.25, 0.3) is 0 Å². The van der Waals surface area contributed by atoms with E-state index in [4.69, 9.17) is 0 Å². The first kappa shape index (κ1) is 17.6. The lowest BCUT2D eigenvalue weighted by Gasteiger charge is -2.34. The number of aromatic nitrogens is 2. The molecule has 5 heteroatoms. The number of anilines is 1.